The van der Waals surface area contributed by atoms with Crippen molar-refractivity contribution in [2.75, 3.05) is 6.54 Å². The Kier molecular flexibility index (Phi) is 5.13. The Bertz CT molecular complexity index is 599. The monoisotopic (exact) mass is 345 g/mol. The van der Waals surface area contributed by atoms with Crippen molar-refractivity contribution >= 4 is 63.5 Å². The van der Waals surface area contributed by atoms with Crippen LogP contribution in [0.15, 0.2) is 23.1 Å². The van der Waals surface area contributed by atoms with Crippen LogP contribution in [0.25, 0.3) is 6.08 Å². The lowest BCUT2D eigenvalue weighted by Crippen LogP contribution is -2.31. The fourth-order valence-corrected chi connectivity index (χ4v) is 3.36. The third-order valence-corrected chi connectivity index (χ3v) is 4.78. The topological polar surface area (TPSA) is 20.3 Å². The van der Waals surface area contributed by atoms with E-state index in [1.807, 2.05) is 6.07 Å². The molecule has 1 amide bonds. The quantitative estimate of drug-likeness (QED) is 0.576. The van der Waals surface area contributed by atoms with E-state index in [1.54, 1.807) is 23.1 Å². The zero-order valence-electron chi connectivity index (χ0n) is 11.0. The van der Waals surface area contributed by atoms with E-state index in [0.29, 0.717) is 31.7 Å². The number of carbonyl (C=O) groups excluding carboxylic acids is 1. The second-order valence-electron chi connectivity index (χ2n) is 4.86. The highest BCUT2D eigenvalue weighted by molar-refractivity contribution is 8.26. The number of hydrogen-bond acceptors (Lipinski definition) is 3. The van der Waals surface area contributed by atoms with Crippen molar-refractivity contribution in [3.63, 3.8) is 0 Å². The molecule has 0 unspecified atom stereocenters. The van der Waals surface area contributed by atoms with Crippen LogP contribution in [0.4, 0.5) is 0 Å². The standard InChI is InChI=1S/C14H13Cl2NOS2/c1-8(2)7-17-13(18)12(20-14(17)19)6-9-3-4-10(15)11(16)5-9/h3-6,8H,7H2,1-2H3. The van der Waals surface area contributed by atoms with Gasteiger partial charge in [0.1, 0.15) is 4.32 Å². The number of benzene rings is 1. The molecule has 0 N–H and O–H groups in total. The van der Waals surface area contributed by atoms with Crippen molar-refractivity contribution < 1.29 is 4.79 Å². The van der Waals surface area contributed by atoms with Crippen LogP contribution in [0.2, 0.25) is 10.0 Å². The molecule has 0 saturated carbocycles. The third-order valence-electron chi connectivity index (χ3n) is 2.66. The van der Waals surface area contributed by atoms with Crippen molar-refractivity contribution in [3.05, 3.63) is 38.7 Å². The van der Waals surface area contributed by atoms with E-state index in [1.165, 1.54) is 11.8 Å². The average molecular weight is 346 g/mol. The fourth-order valence-electron chi connectivity index (χ4n) is 1.78. The van der Waals surface area contributed by atoms with Gasteiger partial charge in [0.2, 0.25) is 0 Å². The highest BCUT2D eigenvalue weighted by Gasteiger charge is 2.32. The van der Waals surface area contributed by atoms with E-state index in [2.05, 4.69) is 13.8 Å². The molecule has 0 spiro atoms. The summed E-state index contributed by atoms with van der Waals surface area (Å²) in [6, 6.07) is 5.27. The predicted octanol–water partition coefficient (Wildman–Crippen LogP) is 4.85. The Hall–Kier alpha value is -0.550. The highest BCUT2D eigenvalue weighted by Crippen LogP contribution is 2.33. The summed E-state index contributed by atoms with van der Waals surface area (Å²) in [6.45, 7) is 4.76. The number of amides is 1. The summed E-state index contributed by atoms with van der Waals surface area (Å²) < 4.78 is 0.606. The highest BCUT2D eigenvalue weighted by atomic mass is 35.5. The normalized spacial score (nSPS) is 17.6. The van der Waals surface area contributed by atoms with Gasteiger partial charge < -0.3 is 0 Å². The number of halogens is 2. The van der Waals surface area contributed by atoms with Crippen molar-refractivity contribution in [1.82, 2.24) is 4.90 Å². The van der Waals surface area contributed by atoms with Crippen LogP contribution in [0, 0.1) is 5.92 Å². The van der Waals surface area contributed by atoms with Gasteiger partial charge >= 0.3 is 0 Å². The number of thioether (sulfide) groups is 1. The van der Waals surface area contributed by atoms with Crippen LogP contribution < -0.4 is 0 Å². The van der Waals surface area contributed by atoms with Crippen LogP contribution in [-0.4, -0.2) is 21.7 Å². The maximum atomic E-state index is 12.3. The van der Waals surface area contributed by atoms with Crippen LogP contribution in [0.1, 0.15) is 19.4 Å². The Morgan fingerprint density at radius 2 is 2.05 bits per heavy atom. The van der Waals surface area contributed by atoms with Gasteiger partial charge in [0.25, 0.3) is 5.91 Å². The van der Waals surface area contributed by atoms with Crippen molar-refractivity contribution in [2.24, 2.45) is 5.92 Å². The molecule has 1 aromatic carbocycles. The molecule has 2 rings (SSSR count). The van der Waals surface area contributed by atoms with Gasteiger partial charge in [-0.3, -0.25) is 9.69 Å². The Morgan fingerprint density at radius 1 is 1.35 bits per heavy atom. The predicted molar refractivity (Wildman–Crippen MR) is 91.2 cm³/mol. The molecule has 6 heteroatoms. The molecule has 1 saturated heterocycles. The van der Waals surface area contributed by atoms with Gasteiger partial charge in [-0.25, -0.2) is 0 Å². The van der Waals surface area contributed by atoms with E-state index >= 15 is 0 Å². The van der Waals surface area contributed by atoms with Crippen LogP contribution in [0.3, 0.4) is 0 Å². The molecule has 20 heavy (non-hydrogen) atoms. The molecule has 0 radical (unpaired) electrons. The Morgan fingerprint density at radius 3 is 2.65 bits per heavy atom. The summed E-state index contributed by atoms with van der Waals surface area (Å²) in [7, 11) is 0. The van der Waals surface area contributed by atoms with Gasteiger partial charge in [-0.05, 0) is 29.7 Å². The molecule has 0 aromatic heterocycles. The first-order valence-electron chi connectivity index (χ1n) is 6.09. The minimum absolute atomic E-state index is 0.0419. The zero-order valence-corrected chi connectivity index (χ0v) is 14.2. The molecule has 2 nitrogen and oxygen atoms in total. The fraction of sp³-hybridized carbons (Fsp3) is 0.286. The van der Waals surface area contributed by atoms with Gasteiger partial charge in [-0.15, -0.1) is 0 Å². The number of carbonyl (C=O) groups is 1. The number of thiocarbonyl (C=S) groups is 1. The van der Waals surface area contributed by atoms with E-state index in [-0.39, 0.29) is 5.91 Å². The first-order chi connectivity index (χ1) is 9.38. The van der Waals surface area contributed by atoms with Gasteiger partial charge in [0.15, 0.2) is 0 Å². The molecule has 1 aliphatic heterocycles. The molecule has 1 fully saturated rings. The van der Waals surface area contributed by atoms with E-state index in [4.69, 9.17) is 35.4 Å². The lowest BCUT2D eigenvalue weighted by molar-refractivity contribution is -0.122. The van der Waals surface area contributed by atoms with Crippen LogP contribution in [-0.2, 0) is 4.79 Å². The summed E-state index contributed by atoms with van der Waals surface area (Å²) in [5.74, 6) is 0.335. The molecule has 1 aliphatic rings. The van der Waals surface area contributed by atoms with Crippen molar-refractivity contribution in [1.29, 1.82) is 0 Å². The minimum atomic E-state index is -0.0419. The van der Waals surface area contributed by atoms with E-state index in [9.17, 15) is 4.79 Å². The Balaban J connectivity index is 2.25. The summed E-state index contributed by atoms with van der Waals surface area (Å²) in [5.41, 5.74) is 0.837. The maximum absolute atomic E-state index is 12.3. The molecule has 0 atom stereocenters. The van der Waals surface area contributed by atoms with Crippen molar-refractivity contribution in [2.45, 2.75) is 13.8 Å². The first-order valence-corrected chi connectivity index (χ1v) is 8.07. The maximum Gasteiger partial charge on any atom is 0.266 e. The smallest absolute Gasteiger partial charge is 0.266 e. The van der Waals surface area contributed by atoms with Gasteiger partial charge in [0.05, 0.1) is 15.0 Å². The molecule has 1 heterocycles. The molecule has 1 aromatic rings. The summed E-state index contributed by atoms with van der Waals surface area (Å²) in [4.78, 5) is 14.6. The second-order valence-corrected chi connectivity index (χ2v) is 7.35. The molecule has 106 valence electrons. The van der Waals surface area contributed by atoms with E-state index in [0.717, 1.165) is 5.56 Å². The van der Waals surface area contributed by atoms with Gasteiger partial charge in [-0.1, -0.05) is 67.1 Å². The lowest BCUT2D eigenvalue weighted by atomic mass is 10.2. The summed E-state index contributed by atoms with van der Waals surface area (Å²) in [6.07, 6.45) is 1.79. The summed E-state index contributed by atoms with van der Waals surface area (Å²) >= 11 is 18.4. The molecule has 0 bridgehead atoms. The lowest BCUT2D eigenvalue weighted by Gasteiger charge is -2.16. The Labute approximate surface area is 138 Å². The third kappa shape index (κ3) is 3.55. The van der Waals surface area contributed by atoms with Crippen LogP contribution in [0.5, 0.6) is 0 Å². The molecular weight excluding hydrogens is 333 g/mol. The zero-order chi connectivity index (χ0) is 14.9. The minimum Gasteiger partial charge on any atom is -0.293 e. The average Bonchev–Trinajstić information content (AvgIpc) is 2.61. The van der Waals surface area contributed by atoms with Crippen molar-refractivity contribution in [3.8, 4) is 0 Å². The van der Waals surface area contributed by atoms with Gasteiger partial charge in [-0.2, -0.15) is 0 Å². The van der Waals surface area contributed by atoms with E-state index < -0.39 is 0 Å². The summed E-state index contributed by atoms with van der Waals surface area (Å²) in [5, 5.41) is 0.967. The molecule has 0 aliphatic carbocycles. The number of rotatable bonds is 3. The largest absolute Gasteiger partial charge is 0.293 e. The SMILES string of the molecule is CC(C)CN1C(=O)C(=Cc2ccc(Cl)c(Cl)c2)SC1=S. The first kappa shape index (κ1) is 15.8. The van der Waals surface area contributed by atoms with Crippen LogP contribution >= 0.6 is 47.2 Å². The number of hydrogen-bond donors (Lipinski definition) is 0. The number of nitrogens with zero attached hydrogens (tertiary/aromatic N) is 1. The molecular formula is C14H13Cl2NOS2. The second kappa shape index (κ2) is 6.48. The van der Waals surface area contributed by atoms with Gasteiger partial charge in [0, 0.05) is 6.54 Å².